The lowest BCUT2D eigenvalue weighted by Crippen LogP contribution is -2.05. The van der Waals surface area contributed by atoms with Crippen molar-refractivity contribution in [2.75, 3.05) is 5.75 Å². The molecule has 0 radical (unpaired) electrons. The first-order valence-corrected chi connectivity index (χ1v) is 6.92. The number of carbonyl (C=O) groups excluding carboxylic acids is 1. The minimum Gasteiger partial charge on any atom is -0.293 e. The largest absolute Gasteiger partial charge is 0.293 e. The van der Waals surface area contributed by atoms with E-state index in [2.05, 4.69) is 15.5 Å². The zero-order valence-electron chi connectivity index (χ0n) is 9.99. The quantitative estimate of drug-likeness (QED) is 0.619. The predicted octanol–water partition coefficient (Wildman–Crippen LogP) is 2.12. The van der Waals surface area contributed by atoms with Crippen molar-refractivity contribution in [2.24, 2.45) is 0 Å². The maximum absolute atomic E-state index is 12.8. The van der Waals surface area contributed by atoms with Gasteiger partial charge in [-0.1, -0.05) is 11.8 Å². The van der Waals surface area contributed by atoms with Crippen LogP contribution < -0.4 is 0 Å². The van der Waals surface area contributed by atoms with Gasteiger partial charge in [0.05, 0.1) is 11.8 Å². The Morgan fingerprint density at radius 1 is 1.37 bits per heavy atom. The lowest BCUT2D eigenvalue weighted by atomic mass is 10.1. The molecule has 0 spiro atoms. The molecule has 0 aliphatic heterocycles. The van der Waals surface area contributed by atoms with Gasteiger partial charge in [0.1, 0.15) is 5.82 Å². The van der Waals surface area contributed by atoms with E-state index in [-0.39, 0.29) is 17.4 Å². The Bertz CT molecular complexity index is 594. The van der Waals surface area contributed by atoms with Gasteiger partial charge < -0.3 is 0 Å². The van der Waals surface area contributed by atoms with Crippen LogP contribution in [0.4, 0.5) is 4.39 Å². The molecule has 0 amide bonds. The summed E-state index contributed by atoms with van der Waals surface area (Å²) in [6.45, 7) is 0. The molecule has 1 aliphatic carbocycles. The lowest BCUT2D eigenvalue weighted by molar-refractivity contribution is 0.102. The van der Waals surface area contributed by atoms with Crippen LogP contribution in [0.15, 0.2) is 29.4 Å². The van der Waals surface area contributed by atoms with Gasteiger partial charge in [-0.25, -0.2) is 9.07 Å². The maximum atomic E-state index is 12.8. The van der Waals surface area contributed by atoms with Crippen LogP contribution >= 0.6 is 11.8 Å². The van der Waals surface area contributed by atoms with Crippen molar-refractivity contribution in [3.05, 3.63) is 35.6 Å². The van der Waals surface area contributed by atoms with E-state index in [0.717, 1.165) is 12.8 Å². The highest BCUT2D eigenvalue weighted by Gasteiger charge is 2.28. The van der Waals surface area contributed by atoms with Crippen LogP contribution in [-0.4, -0.2) is 31.7 Å². The number of benzene rings is 1. The van der Waals surface area contributed by atoms with Gasteiger partial charge in [-0.2, -0.15) is 0 Å². The van der Waals surface area contributed by atoms with Gasteiger partial charge in [0.25, 0.3) is 0 Å². The highest BCUT2D eigenvalue weighted by molar-refractivity contribution is 7.99. The number of nitrogens with zero attached hydrogens (tertiary/aromatic N) is 4. The number of carbonyl (C=O) groups is 1. The summed E-state index contributed by atoms with van der Waals surface area (Å²) in [6, 6.07) is 5.93. The summed E-state index contributed by atoms with van der Waals surface area (Å²) < 4.78 is 14.5. The van der Waals surface area contributed by atoms with Crippen molar-refractivity contribution in [1.82, 2.24) is 20.2 Å². The van der Waals surface area contributed by atoms with Crippen molar-refractivity contribution in [3.8, 4) is 0 Å². The van der Waals surface area contributed by atoms with Crippen molar-refractivity contribution < 1.29 is 9.18 Å². The second-order valence-corrected chi connectivity index (χ2v) is 5.30. The van der Waals surface area contributed by atoms with Crippen LogP contribution in [0.3, 0.4) is 0 Å². The fourth-order valence-corrected chi connectivity index (χ4v) is 2.52. The Labute approximate surface area is 113 Å². The molecule has 98 valence electrons. The number of Topliss-reactive ketones (excluding diaryl/α,β-unsaturated/α-hetero) is 1. The summed E-state index contributed by atoms with van der Waals surface area (Å²) >= 11 is 1.31. The molecule has 5 nitrogen and oxygen atoms in total. The van der Waals surface area contributed by atoms with E-state index in [1.54, 1.807) is 4.68 Å². The first-order valence-electron chi connectivity index (χ1n) is 5.93. The molecule has 0 saturated heterocycles. The molecule has 1 aromatic carbocycles. The summed E-state index contributed by atoms with van der Waals surface area (Å²) in [4.78, 5) is 11.9. The number of tetrazole rings is 1. The minimum atomic E-state index is -0.345. The number of thioether (sulfide) groups is 1. The minimum absolute atomic E-state index is 0.0599. The first-order chi connectivity index (χ1) is 9.24. The van der Waals surface area contributed by atoms with E-state index < -0.39 is 0 Å². The van der Waals surface area contributed by atoms with Gasteiger partial charge >= 0.3 is 0 Å². The molecule has 0 N–H and O–H groups in total. The summed E-state index contributed by atoms with van der Waals surface area (Å²) in [5.41, 5.74) is 0.499. The number of hydrogen-bond donors (Lipinski definition) is 0. The highest BCUT2D eigenvalue weighted by atomic mass is 32.2. The number of rotatable bonds is 5. The van der Waals surface area contributed by atoms with E-state index in [1.165, 1.54) is 36.0 Å². The van der Waals surface area contributed by atoms with Crippen molar-refractivity contribution in [2.45, 2.75) is 24.0 Å². The average Bonchev–Trinajstić information content (AvgIpc) is 3.16. The van der Waals surface area contributed by atoms with Crippen molar-refractivity contribution >= 4 is 17.5 Å². The Morgan fingerprint density at radius 3 is 2.79 bits per heavy atom. The molecule has 0 unspecified atom stereocenters. The number of ketones is 1. The van der Waals surface area contributed by atoms with Crippen LogP contribution in [0.25, 0.3) is 0 Å². The molecule has 3 rings (SSSR count). The number of aromatic nitrogens is 4. The Morgan fingerprint density at radius 2 is 2.11 bits per heavy atom. The third-order valence-electron chi connectivity index (χ3n) is 2.85. The predicted molar refractivity (Wildman–Crippen MR) is 67.5 cm³/mol. The van der Waals surface area contributed by atoms with Crippen molar-refractivity contribution in [3.63, 3.8) is 0 Å². The third kappa shape index (κ3) is 2.81. The Hall–Kier alpha value is -1.76. The van der Waals surface area contributed by atoms with Gasteiger partial charge in [-0.3, -0.25) is 4.79 Å². The van der Waals surface area contributed by atoms with E-state index in [0.29, 0.717) is 16.8 Å². The Balaban J connectivity index is 1.63. The maximum Gasteiger partial charge on any atom is 0.210 e. The van der Waals surface area contributed by atoms with Gasteiger partial charge in [-0.05, 0) is 47.5 Å². The van der Waals surface area contributed by atoms with E-state index in [4.69, 9.17) is 0 Å². The molecule has 1 fully saturated rings. The van der Waals surface area contributed by atoms with Crippen molar-refractivity contribution in [1.29, 1.82) is 0 Å². The van der Waals surface area contributed by atoms with Crippen LogP contribution in [0.5, 0.6) is 0 Å². The van der Waals surface area contributed by atoms with Crippen LogP contribution in [0, 0.1) is 5.82 Å². The van der Waals surface area contributed by atoms with Gasteiger partial charge in [0.2, 0.25) is 5.16 Å². The second-order valence-electron chi connectivity index (χ2n) is 4.36. The molecule has 1 saturated carbocycles. The standard InChI is InChI=1S/C12H11FN4OS/c13-9-3-1-8(2-4-9)11(18)7-19-12-14-15-16-17(12)10-5-6-10/h1-4,10H,5-7H2. The SMILES string of the molecule is O=C(CSc1nnnn1C1CC1)c1ccc(F)cc1. The molecule has 1 aromatic heterocycles. The normalized spacial score (nSPS) is 14.6. The Kier molecular flexibility index (Phi) is 3.29. The number of hydrogen-bond acceptors (Lipinski definition) is 5. The smallest absolute Gasteiger partial charge is 0.210 e. The second kappa shape index (κ2) is 5.08. The van der Waals surface area contributed by atoms with Gasteiger partial charge in [0, 0.05) is 5.56 Å². The molecule has 7 heteroatoms. The van der Waals surface area contributed by atoms with E-state index in [9.17, 15) is 9.18 Å². The highest BCUT2D eigenvalue weighted by Crippen LogP contribution is 2.36. The molecular weight excluding hydrogens is 267 g/mol. The summed E-state index contributed by atoms with van der Waals surface area (Å²) in [5.74, 6) is -0.157. The molecule has 0 bridgehead atoms. The first kappa shape index (κ1) is 12.3. The van der Waals surface area contributed by atoms with Gasteiger partial charge in [-0.15, -0.1) is 5.10 Å². The third-order valence-corrected chi connectivity index (χ3v) is 3.79. The van der Waals surface area contributed by atoms with Crippen LogP contribution in [0.2, 0.25) is 0 Å². The average molecular weight is 278 g/mol. The molecule has 2 aromatic rings. The summed E-state index contributed by atoms with van der Waals surface area (Å²) in [7, 11) is 0. The molecule has 0 atom stereocenters. The zero-order chi connectivity index (χ0) is 13.2. The van der Waals surface area contributed by atoms with E-state index in [1.807, 2.05) is 0 Å². The monoisotopic (exact) mass is 278 g/mol. The fraction of sp³-hybridized carbons (Fsp3) is 0.333. The lowest BCUT2D eigenvalue weighted by Gasteiger charge is -2.02. The number of halogens is 1. The molecule has 19 heavy (non-hydrogen) atoms. The van der Waals surface area contributed by atoms with Gasteiger partial charge in [0.15, 0.2) is 5.78 Å². The van der Waals surface area contributed by atoms with Crippen LogP contribution in [-0.2, 0) is 0 Å². The van der Waals surface area contributed by atoms with Crippen LogP contribution in [0.1, 0.15) is 29.2 Å². The topological polar surface area (TPSA) is 60.7 Å². The fourth-order valence-electron chi connectivity index (χ4n) is 1.68. The van der Waals surface area contributed by atoms with E-state index >= 15 is 0 Å². The molecule has 1 aliphatic rings. The molecular formula is C12H11FN4OS. The zero-order valence-corrected chi connectivity index (χ0v) is 10.8. The summed E-state index contributed by atoms with van der Waals surface area (Å²) in [5, 5.41) is 12.1. The molecule has 1 heterocycles. The summed E-state index contributed by atoms with van der Waals surface area (Å²) in [6.07, 6.45) is 2.18.